The van der Waals surface area contributed by atoms with Gasteiger partial charge in [0, 0.05) is 12.6 Å². The lowest BCUT2D eigenvalue weighted by Crippen LogP contribution is -2.35. The number of rotatable bonds is 9. The molecule has 1 aromatic rings. The second-order valence-corrected chi connectivity index (χ2v) is 6.58. The van der Waals surface area contributed by atoms with Crippen molar-refractivity contribution in [2.24, 2.45) is 0 Å². The Labute approximate surface area is 145 Å². The third kappa shape index (κ3) is 5.80. The van der Waals surface area contributed by atoms with E-state index < -0.39 is 6.10 Å². The summed E-state index contributed by atoms with van der Waals surface area (Å²) in [5.41, 5.74) is 2.20. The molecule has 0 saturated heterocycles. The Morgan fingerprint density at radius 3 is 2.46 bits per heavy atom. The summed E-state index contributed by atoms with van der Waals surface area (Å²) >= 11 is 0. The summed E-state index contributed by atoms with van der Waals surface area (Å²) in [5.74, 6) is 0.328. The maximum Gasteiger partial charge on any atom is 0.342 e. The number of aliphatic hydroxyl groups is 1. The molecule has 0 bridgehead atoms. The zero-order chi connectivity index (χ0) is 18.3. The van der Waals surface area contributed by atoms with Crippen molar-refractivity contribution in [3.63, 3.8) is 0 Å². The van der Waals surface area contributed by atoms with Crippen LogP contribution in [-0.4, -0.2) is 43.0 Å². The van der Waals surface area contributed by atoms with Crippen LogP contribution in [0.15, 0.2) is 12.1 Å². The maximum atomic E-state index is 12.3. The van der Waals surface area contributed by atoms with Crippen LogP contribution < -0.4 is 10.1 Å². The summed E-state index contributed by atoms with van der Waals surface area (Å²) in [4.78, 5) is 12.3. The Balaban J connectivity index is 3.04. The van der Waals surface area contributed by atoms with E-state index in [0.717, 1.165) is 11.1 Å². The molecule has 5 nitrogen and oxygen atoms in total. The van der Waals surface area contributed by atoms with Crippen LogP contribution in [0.1, 0.15) is 62.0 Å². The van der Waals surface area contributed by atoms with E-state index in [1.54, 1.807) is 6.92 Å². The Morgan fingerprint density at radius 2 is 1.92 bits per heavy atom. The van der Waals surface area contributed by atoms with Gasteiger partial charge in [0.1, 0.15) is 24.0 Å². The van der Waals surface area contributed by atoms with Gasteiger partial charge in [0.05, 0.1) is 6.61 Å². The smallest absolute Gasteiger partial charge is 0.342 e. The molecule has 0 aliphatic carbocycles. The predicted octanol–water partition coefficient (Wildman–Crippen LogP) is 3.03. The van der Waals surface area contributed by atoms with Crippen LogP contribution in [0.2, 0.25) is 0 Å². The Bertz CT molecular complexity index is 540. The van der Waals surface area contributed by atoms with Crippen molar-refractivity contribution in [1.82, 2.24) is 5.32 Å². The molecule has 0 heterocycles. The van der Waals surface area contributed by atoms with Gasteiger partial charge in [-0.2, -0.15) is 0 Å². The Morgan fingerprint density at radius 1 is 1.25 bits per heavy atom. The number of carbonyl (C=O) groups is 1. The van der Waals surface area contributed by atoms with Crippen molar-refractivity contribution in [3.05, 3.63) is 28.8 Å². The molecule has 2 N–H and O–H groups in total. The minimum atomic E-state index is -0.650. The average molecular weight is 337 g/mol. The molecule has 0 spiro atoms. The average Bonchev–Trinajstić information content (AvgIpc) is 2.50. The van der Waals surface area contributed by atoms with Gasteiger partial charge in [-0.15, -0.1) is 0 Å². The van der Waals surface area contributed by atoms with Gasteiger partial charge in [0.2, 0.25) is 0 Å². The summed E-state index contributed by atoms with van der Waals surface area (Å²) in [6.45, 7) is 12.6. The zero-order valence-electron chi connectivity index (χ0n) is 15.7. The summed E-state index contributed by atoms with van der Waals surface area (Å²) in [6, 6.07) is 4.17. The summed E-state index contributed by atoms with van der Waals surface area (Å²) in [6.07, 6.45) is -0.650. The lowest BCUT2D eigenvalue weighted by molar-refractivity contribution is 0.0514. The van der Waals surface area contributed by atoms with E-state index in [4.69, 9.17) is 9.47 Å². The molecule has 0 saturated carbocycles. The second-order valence-electron chi connectivity index (χ2n) is 6.58. The van der Waals surface area contributed by atoms with Gasteiger partial charge in [-0.25, -0.2) is 4.79 Å². The van der Waals surface area contributed by atoms with E-state index in [9.17, 15) is 9.90 Å². The minimum absolute atomic E-state index is 0.120. The quantitative estimate of drug-likeness (QED) is 0.678. The molecule has 0 aliphatic heterocycles. The van der Waals surface area contributed by atoms with Gasteiger partial charge < -0.3 is 19.9 Å². The largest absolute Gasteiger partial charge is 0.490 e. The van der Waals surface area contributed by atoms with E-state index in [0.29, 0.717) is 30.5 Å². The van der Waals surface area contributed by atoms with Crippen LogP contribution in [0.25, 0.3) is 0 Å². The van der Waals surface area contributed by atoms with Gasteiger partial charge in [0.25, 0.3) is 0 Å². The molecule has 0 fully saturated rings. The van der Waals surface area contributed by atoms with Gasteiger partial charge in [-0.1, -0.05) is 39.8 Å². The van der Waals surface area contributed by atoms with Crippen LogP contribution in [0.3, 0.4) is 0 Å². The molecule has 1 rings (SSSR count). The molecular weight excluding hydrogens is 306 g/mol. The standard InChI is InChI=1S/C19H31NO4/c1-7-23-19(22)17-14(6)8-9-16(12(2)3)18(17)24-11-15(21)10-20-13(4)5/h8-9,12-13,15,20-21H,7,10-11H2,1-6H3. The lowest BCUT2D eigenvalue weighted by Gasteiger charge is -2.21. The van der Waals surface area contributed by atoms with E-state index in [1.165, 1.54) is 0 Å². The summed E-state index contributed by atoms with van der Waals surface area (Å²) in [7, 11) is 0. The van der Waals surface area contributed by atoms with Crippen LogP contribution in [0.4, 0.5) is 0 Å². The number of esters is 1. The highest BCUT2D eigenvalue weighted by molar-refractivity contribution is 5.94. The maximum absolute atomic E-state index is 12.3. The highest BCUT2D eigenvalue weighted by Gasteiger charge is 2.22. The molecular formula is C19H31NO4. The van der Waals surface area contributed by atoms with Crippen LogP contribution >= 0.6 is 0 Å². The normalized spacial score (nSPS) is 12.5. The van der Waals surface area contributed by atoms with E-state index >= 15 is 0 Å². The van der Waals surface area contributed by atoms with Crippen molar-refractivity contribution < 1.29 is 19.4 Å². The van der Waals surface area contributed by atoms with Gasteiger partial charge in [-0.3, -0.25) is 0 Å². The topological polar surface area (TPSA) is 67.8 Å². The summed E-state index contributed by atoms with van der Waals surface area (Å²) < 4.78 is 11.1. The van der Waals surface area contributed by atoms with Gasteiger partial charge in [0.15, 0.2) is 0 Å². The second kappa shape index (κ2) is 9.64. The highest BCUT2D eigenvalue weighted by Crippen LogP contribution is 2.33. The third-order valence-corrected chi connectivity index (χ3v) is 3.68. The molecule has 1 unspecified atom stereocenters. The molecule has 24 heavy (non-hydrogen) atoms. The number of carbonyl (C=O) groups excluding carboxylic acids is 1. The molecule has 1 atom stereocenters. The lowest BCUT2D eigenvalue weighted by atomic mass is 9.96. The summed E-state index contributed by atoms with van der Waals surface area (Å²) in [5, 5.41) is 13.3. The van der Waals surface area contributed by atoms with E-state index in [2.05, 4.69) is 5.32 Å². The number of nitrogens with one attached hydrogen (secondary N) is 1. The third-order valence-electron chi connectivity index (χ3n) is 3.68. The van der Waals surface area contributed by atoms with E-state index in [1.807, 2.05) is 46.8 Å². The van der Waals surface area contributed by atoms with Crippen molar-refractivity contribution in [2.45, 2.75) is 59.6 Å². The molecule has 0 amide bonds. The van der Waals surface area contributed by atoms with Crippen LogP contribution in [0.5, 0.6) is 5.75 Å². The van der Waals surface area contributed by atoms with Crippen molar-refractivity contribution in [3.8, 4) is 5.75 Å². The highest BCUT2D eigenvalue weighted by atomic mass is 16.5. The molecule has 1 aromatic carbocycles. The fraction of sp³-hybridized carbons (Fsp3) is 0.632. The minimum Gasteiger partial charge on any atom is -0.490 e. The first-order chi connectivity index (χ1) is 11.3. The van der Waals surface area contributed by atoms with Crippen LogP contribution in [-0.2, 0) is 4.74 Å². The molecule has 5 heteroatoms. The first kappa shape index (κ1) is 20.5. The molecule has 0 aliphatic rings. The van der Waals surface area contributed by atoms with E-state index in [-0.39, 0.29) is 18.5 Å². The fourth-order valence-corrected chi connectivity index (χ4v) is 2.37. The number of benzene rings is 1. The molecule has 0 radical (unpaired) electrons. The number of ether oxygens (including phenoxy) is 2. The molecule has 0 aromatic heterocycles. The number of hydrogen-bond donors (Lipinski definition) is 2. The number of aryl methyl sites for hydroxylation is 1. The van der Waals surface area contributed by atoms with Gasteiger partial charge >= 0.3 is 5.97 Å². The van der Waals surface area contributed by atoms with Crippen molar-refractivity contribution >= 4 is 5.97 Å². The monoisotopic (exact) mass is 337 g/mol. The zero-order valence-corrected chi connectivity index (χ0v) is 15.7. The van der Waals surface area contributed by atoms with Gasteiger partial charge in [-0.05, 0) is 30.9 Å². The SMILES string of the molecule is CCOC(=O)c1c(C)ccc(C(C)C)c1OCC(O)CNC(C)C. The fourth-order valence-electron chi connectivity index (χ4n) is 2.37. The van der Waals surface area contributed by atoms with Crippen molar-refractivity contribution in [2.75, 3.05) is 19.8 Å². The Hall–Kier alpha value is -1.59. The van der Waals surface area contributed by atoms with Crippen LogP contribution in [0, 0.1) is 6.92 Å². The number of hydrogen-bond acceptors (Lipinski definition) is 5. The number of aliphatic hydroxyl groups excluding tert-OH is 1. The predicted molar refractivity (Wildman–Crippen MR) is 95.9 cm³/mol. The first-order valence-electron chi connectivity index (χ1n) is 8.62. The Kier molecular flexibility index (Phi) is 8.22. The first-order valence-corrected chi connectivity index (χ1v) is 8.62. The molecule has 136 valence electrons. The van der Waals surface area contributed by atoms with Crippen molar-refractivity contribution in [1.29, 1.82) is 0 Å².